The standard InChI is InChI=1S/C26H30N2O4S/c1-5-24(32-23-17-15-22(16-18-23)28(3)33(4,30)31)26(29)27-25(20-9-7-6-8-10-20)21-13-11-19(2)12-14-21/h6-18,24-25H,5H2,1-4H3,(H,27,29)/t24-,25-/m1/s1. The van der Waals surface area contributed by atoms with Crippen molar-refractivity contribution in [2.45, 2.75) is 32.4 Å². The van der Waals surface area contributed by atoms with E-state index in [4.69, 9.17) is 4.74 Å². The summed E-state index contributed by atoms with van der Waals surface area (Å²) in [4.78, 5) is 13.2. The number of sulfonamides is 1. The van der Waals surface area contributed by atoms with E-state index in [1.54, 1.807) is 24.3 Å². The van der Waals surface area contributed by atoms with Gasteiger partial charge in [-0.1, -0.05) is 67.1 Å². The second kappa shape index (κ2) is 10.5. The Balaban J connectivity index is 1.77. The number of ether oxygens (including phenoxy) is 1. The average Bonchev–Trinajstić information content (AvgIpc) is 2.81. The molecule has 0 fully saturated rings. The Morgan fingerprint density at radius 3 is 2.06 bits per heavy atom. The van der Waals surface area contributed by atoms with Crippen LogP contribution < -0.4 is 14.4 Å². The van der Waals surface area contributed by atoms with E-state index in [9.17, 15) is 13.2 Å². The van der Waals surface area contributed by atoms with Crippen LogP contribution in [-0.2, 0) is 14.8 Å². The van der Waals surface area contributed by atoms with Gasteiger partial charge >= 0.3 is 0 Å². The lowest BCUT2D eigenvalue weighted by Crippen LogP contribution is -2.40. The number of nitrogens with one attached hydrogen (secondary N) is 1. The molecule has 0 spiro atoms. The first kappa shape index (κ1) is 24.3. The Labute approximate surface area is 196 Å². The van der Waals surface area contributed by atoms with Crippen LogP contribution >= 0.6 is 0 Å². The summed E-state index contributed by atoms with van der Waals surface area (Å²) < 4.78 is 30.6. The SMILES string of the molecule is CC[C@@H](Oc1ccc(N(C)S(C)(=O)=O)cc1)C(=O)N[C@H](c1ccccc1)c1ccc(C)cc1. The third-order valence-corrected chi connectivity index (χ3v) is 6.68. The fraction of sp³-hybridized carbons (Fsp3) is 0.269. The molecule has 33 heavy (non-hydrogen) atoms. The van der Waals surface area contributed by atoms with Gasteiger partial charge in [0.15, 0.2) is 6.10 Å². The molecule has 0 saturated carbocycles. The summed E-state index contributed by atoms with van der Waals surface area (Å²) >= 11 is 0. The number of benzene rings is 3. The number of hydrogen-bond acceptors (Lipinski definition) is 4. The van der Waals surface area contributed by atoms with Gasteiger partial charge in [0.1, 0.15) is 5.75 Å². The molecule has 0 aliphatic heterocycles. The normalized spacial score (nSPS) is 13.1. The highest BCUT2D eigenvalue weighted by atomic mass is 32.2. The summed E-state index contributed by atoms with van der Waals surface area (Å²) in [7, 11) is -1.86. The van der Waals surface area contributed by atoms with E-state index >= 15 is 0 Å². The van der Waals surface area contributed by atoms with Crippen LogP contribution in [0.25, 0.3) is 0 Å². The maximum Gasteiger partial charge on any atom is 0.261 e. The molecule has 0 unspecified atom stereocenters. The van der Waals surface area contributed by atoms with Crippen molar-refractivity contribution in [3.05, 3.63) is 95.6 Å². The monoisotopic (exact) mass is 466 g/mol. The minimum Gasteiger partial charge on any atom is -0.481 e. The minimum atomic E-state index is -3.35. The largest absolute Gasteiger partial charge is 0.481 e. The number of anilines is 1. The zero-order valence-electron chi connectivity index (χ0n) is 19.4. The van der Waals surface area contributed by atoms with Gasteiger partial charge in [-0.15, -0.1) is 0 Å². The second-order valence-corrected chi connectivity index (χ2v) is 10.0. The molecular formula is C26H30N2O4S. The van der Waals surface area contributed by atoms with Crippen molar-refractivity contribution in [1.29, 1.82) is 0 Å². The van der Waals surface area contributed by atoms with Crippen LogP contribution in [0.5, 0.6) is 5.75 Å². The Bertz CT molecular complexity index is 1160. The van der Waals surface area contributed by atoms with Crippen LogP contribution in [0.1, 0.15) is 36.1 Å². The summed E-state index contributed by atoms with van der Waals surface area (Å²) in [5.41, 5.74) is 3.64. The van der Waals surface area contributed by atoms with Crippen molar-refractivity contribution < 1.29 is 17.9 Å². The van der Waals surface area contributed by atoms with Crippen LogP contribution in [0.3, 0.4) is 0 Å². The maximum atomic E-state index is 13.2. The predicted octanol–water partition coefficient (Wildman–Crippen LogP) is 4.45. The van der Waals surface area contributed by atoms with E-state index in [0.717, 1.165) is 22.9 Å². The van der Waals surface area contributed by atoms with Crippen LogP contribution in [0.15, 0.2) is 78.9 Å². The number of nitrogens with zero attached hydrogens (tertiary/aromatic N) is 1. The first-order chi connectivity index (χ1) is 15.7. The molecule has 0 heterocycles. The molecular weight excluding hydrogens is 436 g/mol. The molecule has 3 aromatic carbocycles. The molecule has 0 aromatic heterocycles. The number of carbonyl (C=O) groups excluding carboxylic acids is 1. The average molecular weight is 467 g/mol. The lowest BCUT2D eigenvalue weighted by atomic mass is 9.97. The molecule has 3 aromatic rings. The van der Waals surface area contributed by atoms with Crippen molar-refractivity contribution in [3.8, 4) is 5.75 Å². The highest BCUT2D eigenvalue weighted by Crippen LogP contribution is 2.24. The third kappa shape index (κ3) is 6.35. The Kier molecular flexibility index (Phi) is 7.76. The van der Waals surface area contributed by atoms with Crippen LogP contribution in [-0.4, -0.2) is 33.7 Å². The first-order valence-corrected chi connectivity index (χ1v) is 12.7. The van der Waals surface area contributed by atoms with E-state index in [0.29, 0.717) is 17.9 Å². The summed E-state index contributed by atoms with van der Waals surface area (Å²) in [5.74, 6) is 0.276. The molecule has 3 rings (SSSR count). The molecule has 0 bridgehead atoms. The number of amides is 1. The van der Waals surface area contributed by atoms with E-state index in [1.165, 1.54) is 11.4 Å². The van der Waals surface area contributed by atoms with Gasteiger partial charge in [0.2, 0.25) is 10.0 Å². The van der Waals surface area contributed by atoms with Gasteiger partial charge in [-0.25, -0.2) is 8.42 Å². The van der Waals surface area contributed by atoms with E-state index < -0.39 is 16.1 Å². The van der Waals surface area contributed by atoms with Crippen molar-refractivity contribution in [1.82, 2.24) is 5.32 Å². The van der Waals surface area contributed by atoms with Gasteiger partial charge in [-0.2, -0.15) is 0 Å². The Morgan fingerprint density at radius 1 is 0.939 bits per heavy atom. The molecule has 1 N–H and O–H groups in total. The molecule has 174 valence electrons. The second-order valence-electron chi connectivity index (χ2n) is 8.00. The lowest BCUT2D eigenvalue weighted by Gasteiger charge is -2.24. The van der Waals surface area contributed by atoms with Crippen LogP contribution in [0.4, 0.5) is 5.69 Å². The highest BCUT2D eigenvalue weighted by Gasteiger charge is 2.24. The molecule has 0 aliphatic carbocycles. The van der Waals surface area contributed by atoms with Gasteiger partial charge in [0.05, 0.1) is 18.0 Å². The Hall–Kier alpha value is -3.32. The molecule has 6 nitrogen and oxygen atoms in total. The van der Waals surface area contributed by atoms with E-state index in [2.05, 4.69) is 5.32 Å². The van der Waals surface area contributed by atoms with E-state index in [-0.39, 0.29) is 11.9 Å². The number of rotatable bonds is 9. The summed E-state index contributed by atoms with van der Waals surface area (Å²) in [6.07, 6.45) is 0.929. The zero-order valence-corrected chi connectivity index (χ0v) is 20.2. The van der Waals surface area contributed by atoms with Crippen LogP contribution in [0, 0.1) is 6.92 Å². The molecule has 0 radical (unpaired) electrons. The van der Waals surface area contributed by atoms with Gasteiger partial charge in [-0.3, -0.25) is 9.10 Å². The number of aryl methyl sites for hydroxylation is 1. The smallest absolute Gasteiger partial charge is 0.261 e. The van der Waals surface area contributed by atoms with Crippen molar-refractivity contribution in [2.24, 2.45) is 0 Å². The van der Waals surface area contributed by atoms with Gasteiger partial charge in [0.25, 0.3) is 5.91 Å². The molecule has 1 amide bonds. The van der Waals surface area contributed by atoms with Gasteiger partial charge < -0.3 is 10.1 Å². The zero-order chi connectivity index (χ0) is 24.0. The fourth-order valence-corrected chi connectivity index (χ4v) is 3.92. The summed E-state index contributed by atoms with van der Waals surface area (Å²) in [5, 5.41) is 3.14. The van der Waals surface area contributed by atoms with E-state index in [1.807, 2.05) is 68.4 Å². The predicted molar refractivity (Wildman–Crippen MR) is 132 cm³/mol. The van der Waals surface area contributed by atoms with Crippen molar-refractivity contribution in [3.63, 3.8) is 0 Å². The third-order valence-electron chi connectivity index (χ3n) is 5.47. The Morgan fingerprint density at radius 2 is 1.52 bits per heavy atom. The summed E-state index contributed by atoms with van der Waals surface area (Å²) in [6, 6.07) is 24.3. The van der Waals surface area contributed by atoms with Crippen molar-refractivity contribution >= 4 is 21.6 Å². The van der Waals surface area contributed by atoms with Crippen molar-refractivity contribution in [2.75, 3.05) is 17.6 Å². The van der Waals surface area contributed by atoms with Crippen LogP contribution in [0.2, 0.25) is 0 Å². The number of hydrogen-bond donors (Lipinski definition) is 1. The highest BCUT2D eigenvalue weighted by molar-refractivity contribution is 7.92. The summed E-state index contributed by atoms with van der Waals surface area (Å²) in [6.45, 7) is 3.92. The molecule has 0 aliphatic rings. The lowest BCUT2D eigenvalue weighted by molar-refractivity contribution is -0.128. The fourth-order valence-electron chi connectivity index (χ4n) is 3.41. The molecule has 7 heteroatoms. The quantitative estimate of drug-likeness (QED) is 0.505. The molecule has 2 atom stereocenters. The minimum absolute atomic E-state index is 0.218. The first-order valence-electron chi connectivity index (χ1n) is 10.8. The maximum absolute atomic E-state index is 13.2. The van der Waals surface area contributed by atoms with Gasteiger partial charge in [-0.05, 0) is 48.7 Å². The number of carbonyl (C=O) groups is 1. The topological polar surface area (TPSA) is 75.7 Å². The molecule has 0 saturated heterocycles. The van der Waals surface area contributed by atoms with Gasteiger partial charge in [0, 0.05) is 7.05 Å².